The number of hydrogen-bond acceptors (Lipinski definition) is 2. The van der Waals surface area contributed by atoms with Crippen LogP contribution < -0.4 is 20.7 Å². The predicted molar refractivity (Wildman–Crippen MR) is 278 cm³/mol. The Morgan fingerprint density at radius 3 is 1.60 bits per heavy atom. The zero-order chi connectivity index (χ0) is 45.0. The SMILES string of the molecule is CC(C)c1cccc(C(C)C)c1-c1cnc2c3cc([Si](c4ccccc4)(c4ccccc4)c4cccc(-c5nccn5-c5c(C(C)C)cccc5C(C)C)c4)ccc3c3ccccc3n12. The average Bonchev–Trinajstić information content (AvgIpc) is 4.01. The highest BCUT2D eigenvalue weighted by molar-refractivity contribution is 7.20. The maximum atomic E-state index is 5.41. The normalized spacial score (nSPS) is 12.2. The van der Waals surface area contributed by atoms with Crippen LogP contribution in [0.4, 0.5) is 0 Å². The summed E-state index contributed by atoms with van der Waals surface area (Å²) < 4.78 is 4.79. The Bertz CT molecular complexity index is 3240. The Hall–Kier alpha value is -6.82. The Kier molecular flexibility index (Phi) is 11.0. The van der Waals surface area contributed by atoms with Crippen LogP contribution >= 0.6 is 0 Å². The van der Waals surface area contributed by atoms with Crippen molar-refractivity contribution in [2.75, 3.05) is 0 Å². The van der Waals surface area contributed by atoms with Gasteiger partial charge in [-0.05, 0) is 78.1 Å². The first-order valence-corrected chi connectivity index (χ1v) is 25.4. The molecule has 10 aromatic rings. The van der Waals surface area contributed by atoms with Crippen molar-refractivity contribution in [3.63, 3.8) is 0 Å². The molecule has 0 spiro atoms. The minimum absolute atomic E-state index is 0.353. The fraction of sp³-hybridized carbons (Fsp3) is 0.200. The van der Waals surface area contributed by atoms with E-state index in [-0.39, 0.29) is 0 Å². The van der Waals surface area contributed by atoms with Crippen LogP contribution in [0.3, 0.4) is 0 Å². The Labute approximate surface area is 385 Å². The molecule has 10 rings (SSSR count). The van der Waals surface area contributed by atoms with E-state index in [4.69, 9.17) is 9.97 Å². The topological polar surface area (TPSA) is 35.1 Å². The van der Waals surface area contributed by atoms with E-state index in [1.807, 2.05) is 6.20 Å². The van der Waals surface area contributed by atoms with Gasteiger partial charge in [-0.1, -0.05) is 213 Å². The third kappa shape index (κ3) is 6.96. The van der Waals surface area contributed by atoms with Gasteiger partial charge in [0.15, 0.2) is 8.07 Å². The first kappa shape index (κ1) is 42.1. The summed E-state index contributed by atoms with van der Waals surface area (Å²) >= 11 is 0. The van der Waals surface area contributed by atoms with Gasteiger partial charge in [-0.3, -0.25) is 8.97 Å². The number of hydrogen-bond donors (Lipinski definition) is 0. The third-order valence-corrected chi connectivity index (χ3v) is 18.5. The predicted octanol–water partition coefficient (Wildman–Crippen LogP) is 13.0. The maximum Gasteiger partial charge on any atom is 0.179 e. The number of fused-ring (bicyclic) bond motifs is 6. The van der Waals surface area contributed by atoms with Gasteiger partial charge in [-0.15, -0.1) is 0 Å². The minimum atomic E-state index is -3.05. The van der Waals surface area contributed by atoms with Crippen LogP contribution in [0.5, 0.6) is 0 Å². The zero-order valence-corrected chi connectivity index (χ0v) is 39.9. The molecule has 0 saturated heterocycles. The van der Waals surface area contributed by atoms with Crippen LogP contribution in [-0.2, 0) is 0 Å². The number of nitrogens with zero attached hydrogens (tertiary/aromatic N) is 4. The maximum absolute atomic E-state index is 5.41. The second kappa shape index (κ2) is 17.0. The molecule has 65 heavy (non-hydrogen) atoms. The van der Waals surface area contributed by atoms with E-state index in [2.05, 4.69) is 241 Å². The molecule has 3 heterocycles. The van der Waals surface area contributed by atoms with Gasteiger partial charge in [0, 0.05) is 34.3 Å². The fourth-order valence-electron chi connectivity index (χ4n) is 10.7. The summed E-state index contributed by atoms with van der Waals surface area (Å²) in [5.74, 6) is 2.36. The molecule has 322 valence electrons. The van der Waals surface area contributed by atoms with Crippen LogP contribution in [0, 0.1) is 0 Å². The number of rotatable bonds is 11. The third-order valence-electron chi connectivity index (χ3n) is 13.7. The van der Waals surface area contributed by atoms with Gasteiger partial charge in [0.1, 0.15) is 11.5 Å². The number of aromatic nitrogens is 4. The van der Waals surface area contributed by atoms with Crippen molar-refractivity contribution < 1.29 is 0 Å². The molecule has 7 aromatic carbocycles. The van der Waals surface area contributed by atoms with E-state index in [1.54, 1.807) is 0 Å². The monoisotopic (exact) mass is 862 g/mol. The Morgan fingerprint density at radius 1 is 0.446 bits per heavy atom. The molecule has 0 aliphatic heterocycles. The molecule has 0 N–H and O–H groups in total. The van der Waals surface area contributed by atoms with E-state index < -0.39 is 8.07 Å². The van der Waals surface area contributed by atoms with Gasteiger partial charge in [0.05, 0.1) is 23.1 Å². The molecule has 0 saturated carbocycles. The van der Waals surface area contributed by atoms with Crippen LogP contribution in [0.1, 0.15) is 101 Å². The highest BCUT2D eigenvalue weighted by atomic mass is 28.3. The van der Waals surface area contributed by atoms with Crippen LogP contribution in [0.15, 0.2) is 182 Å². The first-order valence-electron chi connectivity index (χ1n) is 23.4. The lowest BCUT2D eigenvalue weighted by Gasteiger charge is -2.35. The average molecular weight is 863 g/mol. The molecule has 3 aromatic heterocycles. The molecule has 5 heteroatoms. The molecule has 0 atom stereocenters. The minimum Gasteiger partial charge on any atom is -0.299 e. The molecule has 4 nitrogen and oxygen atoms in total. The lowest BCUT2D eigenvalue weighted by molar-refractivity contribution is 0.807. The summed E-state index contributed by atoms with van der Waals surface area (Å²) in [6.45, 7) is 18.4. The molecule has 0 radical (unpaired) electrons. The summed E-state index contributed by atoms with van der Waals surface area (Å²) in [5, 5.41) is 8.84. The van der Waals surface area contributed by atoms with Gasteiger partial charge in [-0.25, -0.2) is 9.97 Å². The quantitative estimate of drug-likeness (QED) is 0.0738. The van der Waals surface area contributed by atoms with E-state index >= 15 is 0 Å². The van der Waals surface area contributed by atoms with Crippen molar-refractivity contribution in [3.8, 4) is 28.3 Å². The lowest BCUT2D eigenvalue weighted by atomic mass is 9.87. The van der Waals surface area contributed by atoms with Crippen LogP contribution in [-0.4, -0.2) is 27.0 Å². The van der Waals surface area contributed by atoms with Gasteiger partial charge in [0.25, 0.3) is 0 Å². The largest absolute Gasteiger partial charge is 0.299 e. The smallest absolute Gasteiger partial charge is 0.179 e. The number of imidazole rings is 2. The van der Waals surface area contributed by atoms with Gasteiger partial charge in [-0.2, -0.15) is 0 Å². The van der Waals surface area contributed by atoms with E-state index in [0.29, 0.717) is 23.7 Å². The molecule has 0 aliphatic carbocycles. The molecule has 0 unspecified atom stereocenters. The molecular formula is C60H58N4Si. The van der Waals surface area contributed by atoms with Crippen LogP contribution in [0.25, 0.3) is 55.7 Å². The summed E-state index contributed by atoms with van der Waals surface area (Å²) in [6.07, 6.45) is 6.24. The van der Waals surface area contributed by atoms with Crippen molar-refractivity contribution in [1.29, 1.82) is 0 Å². The van der Waals surface area contributed by atoms with Crippen molar-refractivity contribution in [3.05, 3.63) is 205 Å². The molecular weight excluding hydrogens is 805 g/mol. The molecule has 0 fully saturated rings. The number of pyridine rings is 1. The second-order valence-electron chi connectivity index (χ2n) is 19.0. The molecule has 0 aliphatic rings. The Morgan fingerprint density at radius 2 is 0.985 bits per heavy atom. The number of para-hydroxylation sites is 2. The fourth-order valence-corrected chi connectivity index (χ4v) is 15.5. The standard InChI is InChI=1S/C60H58N4Si/c1-39(2)48-27-18-28-49(40(3)4)57(48)56-38-62-60-54-37-47(32-33-52(54)53-26-15-16-31-55(53)64(56)60)65(44-21-11-9-12-22-44,45-23-13-10-14-24-45)46-25-17-20-43(36-46)59-61-34-35-63(59)58-50(41(5)6)29-19-30-51(58)42(7)8/h9-42H,1-8H3. The van der Waals surface area contributed by atoms with E-state index in [9.17, 15) is 0 Å². The van der Waals surface area contributed by atoms with E-state index in [0.717, 1.165) is 28.1 Å². The van der Waals surface area contributed by atoms with Crippen molar-refractivity contribution in [1.82, 2.24) is 18.9 Å². The van der Waals surface area contributed by atoms with Gasteiger partial charge < -0.3 is 0 Å². The summed E-state index contributed by atoms with van der Waals surface area (Å²) in [4.78, 5) is 10.5. The highest BCUT2D eigenvalue weighted by Crippen LogP contribution is 2.40. The van der Waals surface area contributed by atoms with E-state index in [1.165, 1.54) is 70.5 Å². The van der Waals surface area contributed by atoms with Gasteiger partial charge >= 0.3 is 0 Å². The summed E-state index contributed by atoms with van der Waals surface area (Å²) in [6, 6.07) is 61.6. The number of benzene rings is 7. The zero-order valence-electron chi connectivity index (χ0n) is 38.9. The molecule has 0 amide bonds. The van der Waals surface area contributed by atoms with Crippen molar-refractivity contribution in [2.45, 2.75) is 79.1 Å². The van der Waals surface area contributed by atoms with Gasteiger partial charge in [0.2, 0.25) is 0 Å². The van der Waals surface area contributed by atoms with Crippen molar-refractivity contribution in [2.24, 2.45) is 0 Å². The molecule has 0 bridgehead atoms. The summed E-state index contributed by atoms with van der Waals surface area (Å²) in [5.41, 5.74) is 12.3. The lowest BCUT2D eigenvalue weighted by Crippen LogP contribution is -2.74. The summed E-state index contributed by atoms with van der Waals surface area (Å²) in [7, 11) is -3.05. The first-order chi connectivity index (χ1) is 31.6. The van der Waals surface area contributed by atoms with Crippen LogP contribution in [0.2, 0.25) is 0 Å². The highest BCUT2D eigenvalue weighted by Gasteiger charge is 2.42. The second-order valence-corrected chi connectivity index (χ2v) is 22.8. The Balaban J connectivity index is 1.27. The van der Waals surface area contributed by atoms with Crippen molar-refractivity contribution >= 4 is 56.1 Å².